The molecule has 3 nitrogen and oxygen atoms in total. The van der Waals surface area contributed by atoms with Gasteiger partial charge in [0.05, 0.1) is 7.11 Å². The Balaban J connectivity index is 1.83. The van der Waals surface area contributed by atoms with Gasteiger partial charge in [0.2, 0.25) is 0 Å². The Morgan fingerprint density at radius 1 is 1.35 bits per heavy atom. The van der Waals surface area contributed by atoms with Crippen LogP contribution in [0.25, 0.3) is 0 Å². The standard InChI is InChI=1S/C14H22N2O/c1-17-14-6-2-4-12(10-14)11-16-13-5-3-8-15-9-7-13/h2,4,6,10,13,15-16H,3,5,7-9,11H2,1H3. The largest absolute Gasteiger partial charge is 0.497 e. The Kier molecular flexibility index (Phi) is 4.83. The Hall–Kier alpha value is -1.06. The van der Waals surface area contributed by atoms with Gasteiger partial charge in [0.25, 0.3) is 0 Å². The number of rotatable bonds is 4. The van der Waals surface area contributed by atoms with Gasteiger partial charge in [-0.2, -0.15) is 0 Å². The second-order valence-electron chi connectivity index (χ2n) is 4.61. The molecule has 17 heavy (non-hydrogen) atoms. The molecule has 1 unspecified atom stereocenters. The molecule has 0 aromatic heterocycles. The summed E-state index contributed by atoms with van der Waals surface area (Å²) in [5.74, 6) is 0.937. The quantitative estimate of drug-likeness (QED) is 0.835. The van der Waals surface area contributed by atoms with E-state index in [1.165, 1.54) is 24.8 Å². The first-order chi connectivity index (χ1) is 8.38. The van der Waals surface area contributed by atoms with Crippen LogP contribution in [-0.2, 0) is 6.54 Å². The Bertz CT molecular complexity index is 333. The van der Waals surface area contributed by atoms with Crippen molar-refractivity contribution in [2.45, 2.75) is 31.8 Å². The van der Waals surface area contributed by atoms with E-state index in [1.54, 1.807) is 7.11 Å². The molecule has 0 bridgehead atoms. The molecule has 1 aliphatic rings. The average molecular weight is 234 g/mol. The number of hydrogen-bond donors (Lipinski definition) is 2. The lowest BCUT2D eigenvalue weighted by molar-refractivity contribution is 0.413. The minimum atomic E-state index is 0.649. The van der Waals surface area contributed by atoms with Crippen LogP contribution >= 0.6 is 0 Å². The van der Waals surface area contributed by atoms with Crippen molar-refractivity contribution < 1.29 is 4.74 Å². The molecular weight excluding hydrogens is 212 g/mol. The van der Waals surface area contributed by atoms with Gasteiger partial charge in [0.15, 0.2) is 0 Å². The highest BCUT2D eigenvalue weighted by Crippen LogP contribution is 2.13. The van der Waals surface area contributed by atoms with E-state index in [0.717, 1.165) is 25.4 Å². The summed E-state index contributed by atoms with van der Waals surface area (Å²) in [6.07, 6.45) is 3.77. The molecule has 1 fully saturated rings. The first-order valence-electron chi connectivity index (χ1n) is 6.45. The third-order valence-corrected chi connectivity index (χ3v) is 3.30. The summed E-state index contributed by atoms with van der Waals surface area (Å²) >= 11 is 0. The monoisotopic (exact) mass is 234 g/mol. The molecule has 1 atom stereocenters. The van der Waals surface area contributed by atoms with E-state index >= 15 is 0 Å². The number of benzene rings is 1. The third kappa shape index (κ3) is 4.02. The molecule has 0 radical (unpaired) electrons. The van der Waals surface area contributed by atoms with Crippen molar-refractivity contribution in [2.75, 3.05) is 20.2 Å². The highest BCUT2D eigenvalue weighted by Gasteiger charge is 2.10. The summed E-state index contributed by atoms with van der Waals surface area (Å²) in [5, 5.41) is 7.07. The number of hydrogen-bond acceptors (Lipinski definition) is 3. The van der Waals surface area contributed by atoms with Gasteiger partial charge in [-0.15, -0.1) is 0 Å². The van der Waals surface area contributed by atoms with E-state index in [0.29, 0.717) is 6.04 Å². The zero-order valence-electron chi connectivity index (χ0n) is 10.5. The van der Waals surface area contributed by atoms with Crippen LogP contribution in [0, 0.1) is 0 Å². The Morgan fingerprint density at radius 2 is 2.29 bits per heavy atom. The van der Waals surface area contributed by atoms with Gasteiger partial charge >= 0.3 is 0 Å². The van der Waals surface area contributed by atoms with Crippen LogP contribution in [0.15, 0.2) is 24.3 Å². The Morgan fingerprint density at radius 3 is 3.18 bits per heavy atom. The van der Waals surface area contributed by atoms with E-state index in [1.807, 2.05) is 12.1 Å². The fourth-order valence-electron chi connectivity index (χ4n) is 2.27. The first-order valence-corrected chi connectivity index (χ1v) is 6.45. The normalized spacial score (nSPS) is 20.9. The molecule has 0 amide bonds. The average Bonchev–Trinajstić information content (AvgIpc) is 2.65. The SMILES string of the molecule is COc1cccc(CNC2CCCNCC2)c1. The van der Waals surface area contributed by atoms with Crippen LogP contribution in [0.1, 0.15) is 24.8 Å². The van der Waals surface area contributed by atoms with E-state index in [-0.39, 0.29) is 0 Å². The van der Waals surface area contributed by atoms with E-state index < -0.39 is 0 Å². The van der Waals surface area contributed by atoms with Crippen LogP contribution < -0.4 is 15.4 Å². The lowest BCUT2D eigenvalue weighted by atomic mass is 10.1. The highest BCUT2D eigenvalue weighted by atomic mass is 16.5. The summed E-state index contributed by atoms with van der Waals surface area (Å²) in [6.45, 7) is 3.23. The van der Waals surface area contributed by atoms with E-state index in [9.17, 15) is 0 Å². The zero-order valence-corrected chi connectivity index (χ0v) is 10.5. The molecule has 1 aliphatic heterocycles. The summed E-state index contributed by atoms with van der Waals surface area (Å²) < 4.78 is 5.23. The molecule has 0 aliphatic carbocycles. The van der Waals surface area contributed by atoms with Crippen LogP contribution in [0.4, 0.5) is 0 Å². The highest BCUT2D eigenvalue weighted by molar-refractivity contribution is 5.28. The van der Waals surface area contributed by atoms with Crippen molar-refractivity contribution in [2.24, 2.45) is 0 Å². The van der Waals surface area contributed by atoms with Gasteiger partial charge in [-0.05, 0) is 50.0 Å². The lowest BCUT2D eigenvalue weighted by Gasteiger charge is -2.16. The summed E-state index contributed by atoms with van der Waals surface area (Å²) in [6, 6.07) is 8.92. The minimum absolute atomic E-state index is 0.649. The van der Waals surface area contributed by atoms with Crippen molar-refractivity contribution >= 4 is 0 Å². The van der Waals surface area contributed by atoms with Crippen LogP contribution in [-0.4, -0.2) is 26.2 Å². The van der Waals surface area contributed by atoms with Crippen LogP contribution in [0.3, 0.4) is 0 Å². The van der Waals surface area contributed by atoms with Crippen molar-refractivity contribution in [1.82, 2.24) is 10.6 Å². The van der Waals surface area contributed by atoms with Gasteiger partial charge in [-0.3, -0.25) is 0 Å². The maximum absolute atomic E-state index is 5.23. The molecule has 94 valence electrons. The van der Waals surface area contributed by atoms with Gasteiger partial charge in [-0.1, -0.05) is 12.1 Å². The van der Waals surface area contributed by atoms with E-state index in [2.05, 4.69) is 22.8 Å². The fourth-order valence-corrected chi connectivity index (χ4v) is 2.27. The first kappa shape index (κ1) is 12.4. The zero-order chi connectivity index (χ0) is 11.9. The van der Waals surface area contributed by atoms with Gasteiger partial charge < -0.3 is 15.4 Å². The van der Waals surface area contributed by atoms with E-state index in [4.69, 9.17) is 4.74 Å². The minimum Gasteiger partial charge on any atom is -0.497 e. The molecule has 2 rings (SSSR count). The fraction of sp³-hybridized carbons (Fsp3) is 0.571. The number of methoxy groups -OCH3 is 1. The number of nitrogens with one attached hydrogen (secondary N) is 2. The molecule has 1 saturated heterocycles. The molecule has 0 spiro atoms. The van der Waals surface area contributed by atoms with Gasteiger partial charge in [-0.25, -0.2) is 0 Å². The van der Waals surface area contributed by atoms with Crippen molar-refractivity contribution in [3.8, 4) is 5.75 Å². The number of ether oxygens (including phenoxy) is 1. The predicted molar refractivity (Wildman–Crippen MR) is 70.3 cm³/mol. The summed E-state index contributed by atoms with van der Waals surface area (Å²) in [5.41, 5.74) is 1.29. The smallest absolute Gasteiger partial charge is 0.119 e. The van der Waals surface area contributed by atoms with Crippen molar-refractivity contribution in [1.29, 1.82) is 0 Å². The van der Waals surface area contributed by atoms with Gasteiger partial charge in [0, 0.05) is 12.6 Å². The Labute approximate surface area is 104 Å². The summed E-state index contributed by atoms with van der Waals surface area (Å²) in [7, 11) is 1.71. The lowest BCUT2D eigenvalue weighted by Crippen LogP contribution is -2.29. The predicted octanol–water partition coefficient (Wildman–Crippen LogP) is 1.93. The van der Waals surface area contributed by atoms with Crippen molar-refractivity contribution in [3.05, 3.63) is 29.8 Å². The van der Waals surface area contributed by atoms with Gasteiger partial charge in [0.1, 0.15) is 5.75 Å². The molecule has 0 saturated carbocycles. The molecule has 2 N–H and O–H groups in total. The molecule has 1 aromatic rings. The molecule has 1 aromatic carbocycles. The maximum atomic E-state index is 5.23. The maximum Gasteiger partial charge on any atom is 0.119 e. The summed E-state index contributed by atoms with van der Waals surface area (Å²) in [4.78, 5) is 0. The molecular formula is C14H22N2O. The second-order valence-corrected chi connectivity index (χ2v) is 4.61. The molecule has 1 heterocycles. The second kappa shape index (κ2) is 6.62. The molecule has 3 heteroatoms. The topological polar surface area (TPSA) is 33.3 Å². The van der Waals surface area contributed by atoms with Crippen LogP contribution in [0.5, 0.6) is 5.75 Å². The van der Waals surface area contributed by atoms with Crippen LogP contribution in [0.2, 0.25) is 0 Å². The third-order valence-electron chi connectivity index (χ3n) is 3.30. The van der Waals surface area contributed by atoms with Crippen molar-refractivity contribution in [3.63, 3.8) is 0 Å².